The second-order valence-corrected chi connectivity index (χ2v) is 5.14. The maximum Gasteiger partial charge on any atom is 0.0558 e. The molecule has 0 amide bonds. The number of nitrogens with zero attached hydrogens (tertiary/aromatic N) is 1. The lowest BCUT2D eigenvalue weighted by atomic mass is 9.86. The topological polar surface area (TPSA) is 43.7 Å². The normalized spacial score (nSPS) is 20.6. The molecule has 0 aromatic carbocycles. The van der Waals surface area contributed by atoms with E-state index in [9.17, 15) is 5.11 Å². The highest BCUT2D eigenvalue weighted by atomic mass is 16.3. The van der Waals surface area contributed by atoms with Crippen molar-refractivity contribution in [3.63, 3.8) is 0 Å². The fourth-order valence-corrected chi connectivity index (χ4v) is 2.26. The SMILES string of the molecule is CCCC(C)(CO)CN(CCO)C1CC1. The van der Waals surface area contributed by atoms with Gasteiger partial charge in [0.25, 0.3) is 0 Å². The minimum absolute atomic E-state index is 0.00646. The summed E-state index contributed by atoms with van der Waals surface area (Å²) in [7, 11) is 0. The Bertz CT molecular complexity index is 182. The Balaban J connectivity index is 2.45. The van der Waals surface area contributed by atoms with Crippen LogP contribution in [0, 0.1) is 5.41 Å². The summed E-state index contributed by atoms with van der Waals surface area (Å²) in [6.45, 7) is 6.44. The molecule has 1 unspecified atom stereocenters. The fourth-order valence-electron chi connectivity index (χ4n) is 2.26. The van der Waals surface area contributed by atoms with Crippen LogP contribution >= 0.6 is 0 Å². The summed E-state index contributed by atoms with van der Waals surface area (Å²) in [5.41, 5.74) is 0.00646. The van der Waals surface area contributed by atoms with Crippen molar-refractivity contribution in [1.29, 1.82) is 0 Å². The van der Waals surface area contributed by atoms with Gasteiger partial charge in [0.1, 0.15) is 0 Å². The van der Waals surface area contributed by atoms with Crippen LogP contribution in [-0.2, 0) is 0 Å². The van der Waals surface area contributed by atoms with Gasteiger partial charge in [0.05, 0.1) is 6.61 Å². The van der Waals surface area contributed by atoms with Crippen molar-refractivity contribution in [2.45, 2.75) is 45.6 Å². The summed E-state index contributed by atoms with van der Waals surface area (Å²) in [5.74, 6) is 0. The van der Waals surface area contributed by atoms with Gasteiger partial charge in [-0.05, 0) is 19.3 Å². The Kier molecular flexibility index (Phi) is 5.03. The van der Waals surface area contributed by atoms with Crippen LogP contribution in [0.15, 0.2) is 0 Å². The molecule has 15 heavy (non-hydrogen) atoms. The molecule has 90 valence electrons. The van der Waals surface area contributed by atoms with Gasteiger partial charge in [0.2, 0.25) is 0 Å². The zero-order valence-electron chi connectivity index (χ0n) is 10.1. The van der Waals surface area contributed by atoms with Crippen molar-refractivity contribution in [1.82, 2.24) is 4.90 Å². The van der Waals surface area contributed by atoms with Crippen molar-refractivity contribution in [2.24, 2.45) is 5.41 Å². The summed E-state index contributed by atoms with van der Waals surface area (Å²) in [5, 5.41) is 18.5. The van der Waals surface area contributed by atoms with E-state index < -0.39 is 0 Å². The lowest BCUT2D eigenvalue weighted by Gasteiger charge is -2.34. The molecule has 1 atom stereocenters. The number of hydrogen-bond donors (Lipinski definition) is 2. The maximum absolute atomic E-state index is 9.45. The zero-order chi connectivity index (χ0) is 11.3. The molecular formula is C12H25NO2. The van der Waals surface area contributed by atoms with E-state index >= 15 is 0 Å². The highest BCUT2D eigenvalue weighted by molar-refractivity contribution is 4.88. The summed E-state index contributed by atoms with van der Waals surface area (Å²) in [6.07, 6.45) is 4.67. The number of rotatable bonds is 8. The zero-order valence-corrected chi connectivity index (χ0v) is 10.1. The van der Waals surface area contributed by atoms with Crippen molar-refractivity contribution in [3.8, 4) is 0 Å². The first kappa shape index (κ1) is 12.9. The van der Waals surface area contributed by atoms with Gasteiger partial charge in [-0.25, -0.2) is 0 Å². The van der Waals surface area contributed by atoms with E-state index in [2.05, 4.69) is 18.7 Å². The molecule has 0 saturated heterocycles. The molecule has 0 heterocycles. The molecule has 1 fully saturated rings. The van der Waals surface area contributed by atoms with E-state index in [4.69, 9.17) is 5.11 Å². The third-order valence-electron chi connectivity index (χ3n) is 3.27. The first-order chi connectivity index (χ1) is 7.15. The Hall–Kier alpha value is -0.120. The predicted molar refractivity (Wildman–Crippen MR) is 61.8 cm³/mol. The molecule has 0 spiro atoms. The van der Waals surface area contributed by atoms with Gasteiger partial charge in [-0.1, -0.05) is 20.3 Å². The molecule has 1 aliphatic rings. The van der Waals surface area contributed by atoms with E-state index in [0.29, 0.717) is 6.04 Å². The second kappa shape index (κ2) is 5.83. The average molecular weight is 215 g/mol. The molecule has 1 aliphatic carbocycles. The van der Waals surface area contributed by atoms with Crippen LogP contribution in [0.5, 0.6) is 0 Å². The highest BCUT2D eigenvalue weighted by Crippen LogP contribution is 2.31. The third-order valence-corrected chi connectivity index (χ3v) is 3.27. The minimum Gasteiger partial charge on any atom is -0.396 e. The van der Waals surface area contributed by atoms with E-state index in [1.807, 2.05) is 0 Å². The van der Waals surface area contributed by atoms with E-state index in [1.54, 1.807) is 0 Å². The molecule has 3 nitrogen and oxygen atoms in total. The van der Waals surface area contributed by atoms with Gasteiger partial charge in [0.15, 0.2) is 0 Å². The molecule has 0 aromatic rings. The fraction of sp³-hybridized carbons (Fsp3) is 1.00. The van der Waals surface area contributed by atoms with Crippen LogP contribution in [0.1, 0.15) is 39.5 Å². The Labute approximate surface area is 93.1 Å². The van der Waals surface area contributed by atoms with Crippen LogP contribution < -0.4 is 0 Å². The van der Waals surface area contributed by atoms with Gasteiger partial charge >= 0.3 is 0 Å². The second-order valence-electron chi connectivity index (χ2n) is 5.14. The monoisotopic (exact) mass is 215 g/mol. The molecule has 1 rings (SSSR count). The standard InChI is InChI=1S/C12H25NO2/c1-3-6-12(2,10-15)9-13(7-8-14)11-4-5-11/h11,14-15H,3-10H2,1-2H3. The van der Waals surface area contributed by atoms with Gasteiger partial charge in [-0.3, -0.25) is 4.90 Å². The van der Waals surface area contributed by atoms with Gasteiger partial charge < -0.3 is 10.2 Å². The van der Waals surface area contributed by atoms with Gasteiger partial charge in [-0.2, -0.15) is 0 Å². The van der Waals surface area contributed by atoms with Crippen molar-refractivity contribution >= 4 is 0 Å². The molecule has 3 heteroatoms. The van der Waals surface area contributed by atoms with Gasteiger partial charge in [-0.15, -0.1) is 0 Å². The van der Waals surface area contributed by atoms with Crippen molar-refractivity contribution in [3.05, 3.63) is 0 Å². The van der Waals surface area contributed by atoms with Gasteiger partial charge in [0, 0.05) is 31.2 Å². The summed E-state index contributed by atoms with van der Waals surface area (Å²) in [4.78, 5) is 2.34. The lowest BCUT2D eigenvalue weighted by molar-refractivity contribution is 0.0671. The van der Waals surface area contributed by atoms with E-state index in [1.165, 1.54) is 12.8 Å². The van der Waals surface area contributed by atoms with Crippen LogP contribution in [0.3, 0.4) is 0 Å². The maximum atomic E-state index is 9.45. The number of hydrogen-bond acceptors (Lipinski definition) is 3. The average Bonchev–Trinajstić information content (AvgIpc) is 3.01. The van der Waals surface area contributed by atoms with E-state index in [0.717, 1.165) is 25.9 Å². The molecule has 0 radical (unpaired) electrons. The Morgan fingerprint density at radius 1 is 1.33 bits per heavy atom. The summed E-state index contributed by atoms with van der Waals surface area (Å²) < 4.78 is 0. The van der Waals surface area contributed by atoms with Crippen LogP contribution in [0.25, 0.3) is 0 Å². The van der Waals surface area contributed by atoms with Crippen molar-refractivity contribution < 1.29 is 10.2 Å². The smallest absolute Gasteiger partial charge is 0.0558 e. The quantitative estimate of drug-likeness (QED) is 0.640. The van der Waals surface area contributed by atoms with Crippen LogP contribution in [-0.4, -0.2) is 47.5 Å². The molecule has 2 N–H and O–H groups in total. The van der Waals surface area contributed by atoms with Crippen LogP contribution in [0.2, 0.25) is 0 Å². The largest absolute Gasteiger partial charge is 0.396 e. The van der Waals surface area contributed by atoms with Crippen LogP contribution in [0.4, 0.5) is 0 Å². The lowest BCUT2D eigenvalue weighted by Crippen LogP contribution is -2.41. The molecule has 1 saturated carbocycles. The Morgan fingerprint density at radius 3 is 2.40 bits per heavy atom. The minimum atomic E-state index is 0.00646. The summed E-state index contributed by atoms with van der Waals surface area (Å²) >= 11 is 0. The molecule has 0 aromatic heterocycles. The summed E-state index contributed by atoms with van der Waals surface area (Å²) in [6, 6.07) is 0.667. The predicted octanol–water partition coefficient (Wildman–Crippen LogP) is 1.24. The van der Waals surface area contributed by atoms with Crippen molar-refractivity contribution in [2.75, 3.05) is 26.3 Å². The Morgan fingerprint density at radius 2 is 2.00 bits per heavy atom. The number of aliphatic hydroxyl groups is 2. The van der Waals surface area contributed by atoms with E-state index in [-0.39, 0.29) is 18.6 Å². The highest BCUT2D eigenvalue weighted by Gasteiger charge is 2.33. The third kappa shape index (κ3) is 4.09. The molecule has 0 aliphatic heterocycles. The number of aliphatic hydroxyl groups excluding tert-OH is 2. The molecular weight excluding hydrogens is 190 g/mol. The molecule has 0 bridgehead atoms. The first-order valence-electron chi connectivity index (χ1n) is 6.11. The first-order valence-corrected chi connectivity index (χ1v) is 6.11.